The van der Waals surface area contributed by atoms with E-state index in [1.54, 1.807) is 18.2 Å². The van der Waals surface area contributed by atoms with Crippen LogP contribution in [-0.4, -0.2) is 40.0 Å². The Morgan fingerprint density at radius 3 is 2.72 bits per heavy atom. The second-order valence-corrected chi connectivity index (χ2v) is 9.03. The minimum atomic E-state index is -0.332. The zero-order chi connectivity index (χ0) is 24.8. The van der Waals surface area contributed by atoms with Crippen LogP contribution >= 0.6 is 0 Å². The summed E-state index contributed by atoms with van der Waals surface area (Å²) in [4.78, 5) is 30.5. The number of carbonyl (C=O) groups is 2. The first-order valence-corrected chi connectivity index (χ1v) is 11.8. The number of aromatic hydroxyl groups is 1. The molecule has 3 heterocycles. The minimum absolute atomic E-state index is 0.101. The van der Waals surface area contributed by atoms with Crippen molar-refractivity contribution in [2.75, 3.05) is 13.3 Å². The third-order valence-electron chi connectivity index (χ3n) is 6.85. The Hall–Kier alpha value is -4.52. The Bertz CT molecular complexity index is 1550. The molecule has 0 fully saturated rings. The van der Waals surface area contributed by atoms with Gasteiger partial charge in [0, 0.05) is 29.2 Å². The van der Waals surface area contributed by atoms with E-state index >= 15 is 0 Å². The predicted molar refractivity (Wildman–Crippen MR) is 135 cm³/mol. The lowest BCUT2D eigenvalue weighted by atomic mass is 9.92. The standard InChI is InChI=1S/C29H24N2O5/c1-17(32)20-9-6-18(14-24(20)33)7-11-27(34)31-13-12-22-21-4-2-3-5-23(21)30-28(22)29(31)19-8-10-25-26(15-19)36-16-35-25/h2-11,14-15,29-30,33H,12-13,16H2,1H3/b11-7+. The molecule has 2 N–H and O–H groups in total. The van der Waals surface area contributed by atoms with Gasteiger partial charge in [-0.2, -0.15) is 0 Å². The molecule has 6 rings (SSSR count). The number of hydrogen-bond acceptors (Lipinski definition) is 5. The van der Waals surface area contributed by atoms with Gasteiger partial charge in [0.25, 0.3) is 0 Å². The fourth-order valence-electron chi connectivity index (χ4n) is 5.12. The number of rotatable bonds is 4. The van der Waals surface area contributed by atoms with Crippen LogP contribution in [0.25, 0.3) is 17.0 Å². The van der Waals surface area contributed by atoms with Crippen molar-refractivity contribution in [2.24, 2.45) is 0 Å². The first-order chi connectivity index (χ1) is 17.5. The lowest BCUT2D eigenvalue weighted by molar-refractivity contribution is -0.128. The average molecular weight is 481 g/mol. The van der Waals surface area contributed by atoms with Crippen LogP contribution < -0.4 is 9.47 Å². The number of H-pyrrole nitrogens is 1. The maximum absolute atomic E-state index is 13.5. The summed E-state index contributed by atoms with van der Waals surface area (Å²) in [5.41, 5.74) is 5.06. The maximum Gasteiger partial charge on any atom is 0.247 e. The molecule has 2 aliphatic heterocycles. The number of hydrogen-bond donors (Lipinski definition) is 2. The summed E-state index contributed by atoms with van der Waals surface area (Å²) in [5, 5.41) is 11.3. The van der Waals surface area contributed by atoms with Gasteiger partial charge >= 0.3 is 0 Å². The van der Waals surface area contributed by atoms with Gasteiger partial charge in [0.15, 0.2) is 17.3 Å². The Balaban J connectivity index is 1.38. The van der Waals surface area contributed by atoms with Crippen molar-refractivity contribution >= 4 is 28.7 Å². The van der Waals surface area contributed by atoms with Crippen molar-refractivity contribution in [2.45, 2.75) is 19.4 Å². The molecule has 0 spiro atoms. The number of nitrogens with zero attached hydrogens (tertiary/aromatic N) is 1. The largest absolute Gasteiger partial charge is 0.507 e. The maximum atomic E-state index is 13.5. The number of fused-ring (bicyclic) bond motifs is 4. The molecular formula is C29H24N2O5. The van der Waals surface area contributed by atoms with Crippen LogP contribution in [0.2, 0.25) is 0 Å². The molecule has 7 heteroatoms. The van der Waals surface area contributed by atoms with E-state index in [4.69, 9.17) is 9.47 Å². The molecule has 1 aromatic heterocycles. The molecule has 0 radical (unpaired) electrons. The highest BCUT2D eigenvalue weighted by Crippen LogP contribution is 2.42. The van der Waals surface area contributed by atoms with E-state index in [0.717, 1.165) is 23.2 Å². The summed E-state index contributed by atoms with van der Waals surface area (Å²) in [6.45, 7) is 2.13. The quantitative estimate of drug-likeness (QED) is 0.317. The number of amides is 1. The van der Waals surface area contributed by atoms with Crippen LogP contribution in [-0.2, 0) is 11.2 Å². The first-order valence-electron chi connectivity index (χ1n) is 11.8. The van der Waals surface area contributed by atoms with Gasteiger partial charge in [-0.3, -0.25) is 9.59 Å². The van der Waals surface area contributed by atoms with E-state index in [2.05, 4.69) is 11.1 Å². The van der Waals surface area contributed by atoms with Crippen LogP contribution in [0.5, 0.6) is 17.2 Å². The van der Waals surface area contributed by atoms with Gasteiger partial charge in [-0.1, -0.05) is 30.3 Å². The van der Waals surface area contributed by atoms with Gasteiger partial charge in [0.05, 0.1) is 11.6 Å². The number of para-hydroxylation sites is 1. The number of carbonyl (C=O) groups excluding carboxylic acids is 2. The molecule has 2 aliphatic rings. The highest BCUT2D eigenvalue weighted by molar-refractivity contribution is 5.97. The van der Waals surface area contributed by atoms with Gasteiger partial charge in [-0.05, 0) is 66.4 Å². The second kappa shape index (κ2) is 8.61. The smallest absolute Gasteiger partial charge is 0.247 e. The second-order valence-electron chi connectivity index (χ2n) is 9.03. The summed E-state index contributed by atoms with van der Waals surface area (Å²) in [6, 6.07) is 18.4. The van der Waals surface area contributed by atoms with E-state index < -0.39 is 0 Å². The number of nitrogens with one attached hydrogen (secondary N) is 1. The fraction of sp³-hybridized carbons (Fsp3) is 0.172. The summed E-state index contributed by atoms with van der Waals surface area (Å²) in [7, 11) is 0. The third-order valence-corrected chi connectivity index (χ3v) is 6.85. The van der Waals surface area contributed by atoms with Crippen molar-refractivity contribution in [3.63, 3.8) is 0 Å². The molecule has 1 atom stereocenters. The number of ketones is 1. The average Bonchev–Trinajstić information content (AvgIpc) is 3.50. The molecule has 0 saturated carbocycles. The van der Waals surface area contributed by atoms with Crippen molar-refractivity contribution in [1.82, 2.24) is 9.88 Å². The Morgan fingerprint density at radius 2 is 1.89 bits per heavy atom. The molecular weight excluding hydrogens is 456 g/mol. The monoisotopic (exact) mass is 480 g/mol. The van der Waals surface area contributed by atoms with Gasteiger partial charge < -0.3 is 24.5 Å². The number of Topliss-reactive ketones (excluding diaryl/α,β-unsaturated/α-hetero) is 1. The number of aromatic amines is 1. The van der Waals surface area contributed by atoms with Crippen LogP contribution in [0.3, 0.4) is 0 Å². The molecule has 180 valence electrons. The number of benzene rings is 3. The summed E-state index contributed by atoms with van der Waals surface area (Å²) < 4.78 is 11.1. The van der Waals surface area contributed by atoms with E-state index in [0.29, 0.717) is 23.6 Å². The SMILES string of the molecule is CC(=O)c1ccc(/C=C/C(=O)N2CCc3c([nH]c4ccccc34)C2c2ccc3c(c2)OCO3)cc1O. The number of ether oxygens (including phenoxy) is 2. The number of aromatic nitrogens is 1. The van der Waals surface area contributed by atoms with Gasteiger partial charge in [0.1, 0.15) is 5.75 Å². The van der Waals surface area contributed by atoms with E-state index in [1.165, 1.54) is 30.0 Å². The third kappa shape index (κ3) is 3.69. The van der Waals surface area contributed by atoms with Gasteiger partial charge in [-0.25, -0.2) is 0 Å². The van der Waals surface area contributed by atoms with Crippen LogP contribution in [0.4, 0.5) is 0 Å². The molecule has 36 heavy (non-hydrogen) atoms. The molecule has 0 bridgehead atoms. The number of phenolic OH excluding ortho intramolecular Hbond substituents is 1. The lowest BCUT2D eigenvalue weighted by Crippen LogP contribution is -2.39. The predicted octanol–water partition coefficient (Wildman–Crippen LogP) is 4.99. The highest BCUT2D eigenvalue weighted by Gasteiger charge is 2.34. The van der Waals surface area contributed by atoms with Gasteiger partial charge in [-0.15, -0.1) is 0 Å². The minimum Gasteiger partial charge on any atom is -0.507 e. The molecule has 7 nitrogen and oxygen atoms in total. The van der Waals surface area contributed by atoms with Crippen molar-refractivity contribution < 1.29 is 24.2 Å². The zero-order valence-electron chi connectivity index (χ0n) is 19.7. The molecule has 0 aliphatic carbocycles. The normalized spacial score (nSPS) is 16.5. The Kier molecular flexibility index (Phi) is 5.25. The number of phenols is 1. The van der Waals surface area contributed by atoms with Crippen molar-refractivity contribution in [3.8, 4) is 17.2 Å². The van der Waals surface area contributed by atoms with Crippen molar-refractivity contribution in [1.29, 1.82) is 0 Å². The molecule has 0 saturated heterocycles. The van der Waals surface area contributed by atoms with Crippen molar-refractivity contribution in [3.05, 3.63) is 94.7 Å². The molecule has 1 unspecified atom stereocenters. The lowest BCUT2D eigenvalue weighted by Gasteiger charge is -2.35. The van der Waals surface area contributed by atoms with E-state index in [9.17, 15) is 14.7 Å². The van der Waals surface area contributed by atoms with E-state index in [-0.39, 0.29) is 35.8 Å². The first kappa shape index (κ1) is 22.0. The van der Waals surface area contributed by atoms with Crippen LogP contribution in [0.1, 0.15) is 45.7 Å². The fourth-order valence-corrected chi connectivity index (χ4v) is 5.12. The van der Waals surface area contributed by atoms with Crippen LogP contribution in [0.15, 0.2) is 66.7 Å². The molecule has 3 aromatic carbocycles. The molecule has 1 amide bonds. The topological polar surface area (TPSA) is 91.9 Å². The summed E-state index contributed by atoms with van der Waals surface area (Å²) in [5.74, 6) is 0.888. The summed E-state index contributed by atoms with van der Waals surface area (Å²) >= 11 is 0. The Morgan fingerprint density at radius 1 is 1.06 bits per heavy atom. The zero-order valence-corrected chi connectivity index (χ0v) is 19.7. The Labute approximate surface area is 207 Å². The van der Waals surface area contributed by atoms with Gasteiger partial charge in [0.2, 0.25) is 12.7 Å². The van der Waals surface area contributed by atoms with E-state index in [1.807, 2.05) is 41.3 Å². The highest BCUT2D eigenvalue weighted by atomic mass is 16.7. The molecule has 4 aromatic rings. The summed E-state index contributed by atoms with van der Waals surface area (Å²) in [6.07, 6.45) is 3.90. The van der Waals surface area contributed by atoms with Crippen LogP contribution in [0, 0.1) is 0 Å².